The second-order valence-corrected chi connectivity index (χ2v) is 8.61. The van der Waals surface area contributed by atoms with Gasteiger partial charge in [0.05, 0.1) is 31.1 Å². The van der Waals surface area contributed by atoms with Crippen molar-refractivity contribution in [2.24, 2.45) is 0 Å². The van der Waals surface area contributed by atoms with E-state index in [1.54, 1.807) is 23.6 Å². The van der Waals surface area contributed by atoms with Gasteiger partial charge >= 0.3 is 12.2 Å². The molecule has 5 heterocycles. The van der Waals surface area contributed by atoms with Crippen LogP contribution in [0.2, 0.25) is 0 Å². The Labute approximate surface area is 198 Å². The van der Waals surface area contributed by atoms with Crippen LogP contribution in [-0.4, -0.2) is 71.6 Å². The maximum atomic E-state index is 13.3. The molecule has 2 aromatic rings. The number of aryl methyl sites for hydroxylation is 1. The van der Waals surface area contributed by atoms with E-state index in [0.717, 1.165) is 18.4 Å². The number of pyridine rings is 2. The number of fused-ring (bicyclic) bond motifs is 5. The lowest BCUT2D eigenvalue weighted by molar-refractivity contribution is -0.161. The number of aliphatic hydroxyl groups excluding tert-OH is 1. The lowest BCUT2D eigenvalue weighted by Gasteiger charge is -2.35. The number of nitrogens with zero attached hydrogens (tertiary/aromatic N) is 4. The Hall–Kier alpha value is -3.61. The van der Waals surface area contributed by atoms with Gasteiger partial charge < -0.3 is 20.1 Å². The molecule has 0 saturated carbocycles. The second kappa shape index (κ2) is 8.87. The summed E-state index contributed by atoms with van der Waals surface area (Å²) in [6.45, 7) is 0.555. The lowest BCUT2D eigenvalue weighted by atomic mass is 10.1. The number of hydrogen-bond donors (Lipinski definition) is 3. The number of hydrogen-bond acceptors (Lipinski definition) is 7. The highest BCUT2D eigenvalue weighted by molar-refractivity contribution is 6.05. The number of urea groups is 1. The standard InChI is InChI=1S/C22H23F3N6O4/c23-22(24,25)17(11-32)28-20(33)14-3-4-15-19(27-14)31(13-5-6-30(15)10-13)21(34)29-18-8-12-2-1-7-35-16(12)9-26-18/h3-4,8-9,13,17,32H,1-2,5-7,10-11H2,(H,28,33)(H,26,29,34)/t13-,17?/m0/s1. The topological polar surface area (TPSA) is 120 Å². The number of carbonyl (C=O) groups is 2. The second-order valence-electron chi connectivity index (χ2n) is 8.61. The molecule has 0 radical (unpaired) electrons. The van der Waals surface area contributed by atoms with Gasteiger partial charge in [-0.25, -0.2) is 14.8 Å². The zero-order valence-electron chi connectivity index (χ0n) is 18.5. The van der Waals surface area contributed by atoms with Crippen LogP contribution in [0.25, 0.3) is 0 Å². The monoisotopic (exact) mass is 492 g/mol. The molecule has 0 aromatic carbocycles. The van der Waals surface area contributed by atoms with Crippen molar-refractivity contribution in [3.8, 4) is 5.75 Å². The first kappa shape index (κ1) is 23.1. The van der Waals surface area contributed by atoms with E-state index in [0.29, 0.717) is 43.4 Å². The summed E-state index contributed by atoms with van der Waals surface area (Å²) in [5, 5.41) is 13.5. The largest absolute Gasteiger partial charge is 0.492 e. The van der Waals surface area contributed by atoms with Gasteiger partial charge in [-0.1, -0.05) is 0 Å². The molecule has 1 unspecified atom stereocenters. The Bertz CT molecular complexity index is 1160. The quantitative estimate of drug-likeness (QED) is 0.598. The summed E-state index contributed by atoms with van der Waals surface area (Å²) in [5.41, 5.74) is 1.25. The molecule has 186 valence electrons. The van der Waals surface area contributed by atoms with Gasteiger partial charge in [-0.2, -0.15) is 13.2 Å². The maximum Gasteiger partial charge on any atom is 0.410 e. The number of ether oxygens (including phenoxy) is 1. The van der Waals surface area contributed by atoms with Gasteiger partial charge in [0.2, 0.25) is 0 Å². The van der Waals surface area contributed by atoms with Crippen molar-refractivity contribution in [1.82, 2.24) is 15.3 Å². The van der Waals surface area contributed by atoms with Gasteiger partial charge in [-0.05, 0) is 43.0 Å². The molecule has 35 heavy (non-hydrogen) atoms. The Morgan fingerprint density at radius 1 is 1.31 bits per heavy atom. The fourth-order valence-corrected chi connectivity index (χ4v) is 4.55. The third kappa shape index (κ3) is 4.43. The molecule has 3 N–H and O–H groups in total. The van der Waals surface area contributed by atoms with Gasteiger partial charge in [0.25, 0.3) is 5.91 Å². The molecule has 3 aliphatic rings. The molecule has 0 spiro atoms. The van der Waals surface area contributed by atoms with Gasteiger partial charge in [-0.15, -0.1) is 0 Å². The van der Waals surface area contributed by atoms with E-state index in [1.807, 2.05) is 4.90 Å². The highest BCUT2D eigenvalue weighted by atomic mass is 19.4. The Kier molecular flexibility index (Phi) is 5.87. The van der Waals surface area contributed by atoms with Crippen molar-refractivity contribution < 1.29 is 32.6 Å². The third-order valence-electron chi connectivity index (χ3n) is 6.32. The maximum absolute atomic E-state index is 13.3. The Morgan fingerprint density at radius 2 is 2.14 bits per heavy atom. The summed E-state index contributed by atoms with van der Waals surface area (Å²) in [4.78, 5) is 37.8. The number of amides is 3. The molecule has 0 aliphatic carbocycles. The van der Waals surface area contributed by atoms with E-state index in [2.05, 4.69) is 15.3 Å². The van der Waals surface area contributed by atoms with Crippen LogP contribution in [0.4, 0.5) is 35.3 Å². The molecule has 1 fully saturated rings. The number of nitrogens with one attached hydrogen (secondary N) is 2. The van der Waals surface area contributed by atoms with Crippen molar-refractivity contribution in [2.75, 3.05) is 41.4 Å². The fraction of sp³-hybridized carbons (Fsp3) is 0.455. The van der Waals surface area contributed by atoms with E-state index in [-0.39, 0.29) is 17.6 Å². The van der Waals surface area contributed by atoms with Crippen molar-refractivity contribution in [3.63, 3.8) is 0 Å². The highest BCUT2D eigenvalue weighted by Crippen LogP contribution is 2.39. The van der Waals surface area contributed by atoms with Gasteiger partial charge in [0.1, 0.15) is 23.3 Å². The van der Waals surface area contributed by atoms with Crippen molar-refractivity contribution >= 4 is 29.3 Å². The van der Waals surface area contributed by atoms with E-state index in [4.69, 9.17) is 9.84 Å². The summed E-state index contributed by atoms with van der Waals surface area (Å²) >= 11 is 0. The van der Waals surface area contributed by atoms with Crippen LogP contribution in [-0.2, 0) is 6.42 Å². The average Bonchev–Trinajstić information content (AvgIpc) is 3.25. The fourth-order valence-electron chi connectivity index (χ4n) is 4.55. The summed E-state index contributed by atoms with van der Waals surface area (Å²) in [6, 6.07) is 1.46. The van der Waals surface area contributed by atoms with Crippen molar-refractivity contribution in [3.05, 3.63) is 35.7 Å². The van der Waals surface area contributed by atoms with Crippen LogP contribution in [0.15, 0.2) is 24.4 Å². The van der Waals surface area contributed by atoms with Crippen molar-refractivity contribution in [2.45, 2.75) is 37.5 Å². The van der Waals surface area contributed by atoms with Gasteiger partial charge in [-0.3, -0.25) is 15.0 Å². The highest BCUT2D eigenvalue weighted by Gasteiger charge is 2.42. The molecule has 10 nitrogen and oxygen atoms in total. The normalized spacial score (nSPS) is 19.4. The molecule has 2 aromatic heterocycles. The molecule has 2 bridgehead atoms. The summed E-state index contributed by atoms with van der Waals surface area (Å²) in [7, 11) is 0. The van der Waals surface area contributed by atoms with Crippen LogP contribution in [0, 0.1) is 0 Å². The summed E-state index contributed by atoms with van der Waals surface area (Å²) in [6.07, 6.45) is -0.927. The smallest absolute Gasteiger partial charge is 0.410 e. The SMILES string of the molecule is O=C(NC(CO)C(F)(F)F)c1ccc2c(n1)N(C(=O)Nc1cc3c(cn1)OCCC3)[C@H]1CCN2C1. The van der Waals surface area contributed by atoms with E-state index in [9.17, 15) is 22.8 Å². The minimum atomic E-state index is -4.82. The molecule has 1 saturated heterocycles. The number of halogens is 3. The number of aliphatic hydroxyl groups is 1. The average molecular weight is 492 g/mol. The predicted octanol–water partition coefficient (Wildman–Crippen LogP) is 2.09. The van der Waals surface area contributed by atoms with Crippen LogP contribution in [0.5, 0.6) is 5.75 Å². The van der Waals surface area contributed by atoms with Crippen LogP contribution in [0.3, 0.4) is 0 Å². The first-order valence-corrected chi connectivity index (χ1v) is 11.2. The number of aromatic nitrogens is 2. The first-order chi connectivity index (χ1) is 16.7. The molecule has 13 heteroatoms. The van der Waals surface area contributed by atoms with E-state index in [1.165, 1.54) is 11.0 Å². The molecular weight excluding hydrogens is 469 g/mol. The minimum absolute atomic E-state index is 0.178. The summed E-state index contributed by atoms with van der Waals surface area (Å²) in [5.74, 6) is 0.0963. The molecule has 3 aliphatic heterocycles. The van der Waals surface area contributed by atoms with E-state index < -0.39 is 30.8 Å². The number of alkyl halides is 3. The Balaban J connectivity index is 1.41. The number of anilines is 3. The van der Waals surface area contributed by atoms with Gasteiger partial charge in [0, 0.05) is 13.1 Å². The molecular formula is C22H23F3N6O4. The molecule has 3 amide bonds. The predicted molar refractivity (Wildman–Crippen MR) is 119 cm³/mol. The Morgan fingerprint density at radius 3 is 2.91 bits per heavy atom. The third-order valence-corrected chi connectivity index (χ3v) is 6.32. The van der Waals surface area contributed by atoms with Crippen LogP contribution in [0.1, 0.15) is 28.9 Å². The summed E-state index contributed by atoms with van der Waals surface area (Å²) < 4.78 is 44.5. The first-order valence-electron chi connectivity index (χ1n) is 11.2. The number of carbonyl (C=O) groups excluding carboxylic acids is 2. The molecule has 5 rings (SSSR count). The zero-order chi connectivity index (χ0) is 24.7. The number of rotatable bonds is 4. The zero-order valence-corrected chi connectivity index (χ0v) is 18.5. The van der Waals surface area contributed by atoms with Crippen molar-refractivity contribution in [1.29, 1.82) is 0 Å². The van der Waals surface area contributed by atoms with Crippen LogP contribution < -0.4 is 25.2 Å². The van der Waals surface area contributed by atoms with Gasteiger partial charge in [0.15, 0.2) is 5.82 Å². The molecule has 2 atom stereocenters. The lowest BCUT2D eigenvalue weighted by Crippen LogP contribution is -2.49. The van der Waals surface area contributed by atoms with E-state index >= 15 is 0 Å². The minimum Gasteiger partial charge on any atom is -0.492 e. The van der Waals surface area contributed by atoms with Crippen LogP contribution >= 0.6 is 0 Å².